The molecule has 0 bridgehead atoms. The monoisotopic (exact) mass is 433 g/mol. The second-order valence-electron chi connectivity index (χ2n) is 7.77. The summed E-state index contributed by atoms with van der Waals surface area (Å²) in [5, 5.41) is 25.2. The lowest BCUT2D eigenvalue weighted by Crippen LogP contribution is -2.61. The Morgan fingerprint density at radius 3 is 2.43 bits per heavy atom. The molecule has 2 atom stereocenters. The average molecular weight is 434 g/mol. The van der Waals surface area contributed by atoms with Crippen molar-refractivity contribution in [1.82, 2.24) is 0 Å². The lowest BCUT2D eigenvalue weighted by Gasteiger charge is -2.40. The molecule has 0 unspecified atom stereocenters. The lowest BCUT2D eigenvalue weighted by molar-refractivity contribution is -0.0845. The van der Waals surface area contributed by atoms with Gasteiger partial charge in [0.15, 0.2) is 5.11 Å². The van der Waals surface area contributed by atoms with Gasteiger partial charge in [0, 0.05) is 21.8 Å². The molecular formula is C23H16ClN3O2S. The van der Waals surface area contributed by atoms with Crippen LogP contribution >= 0.6 is 23.8 Å². The number of thiocarbonyl (C=S) groups is 1. The zero-order chi connectivity index (χ0) is 20.8. The van der Waals surface area contributed by atoms with Crippen molar-refractivity contribution in [1.29, 1.82) is 0 Å². The van der Waals surface area contributed by atoms with Crippen LogP contribution in [0.5, 0.6) is 0 Å². The molecule has 1 aliphatic carbocycles. The van der Waals surface area contributed by atoms with Gasteiger partial charge in [-0.05, 0) is 61.1 Å². The number of nitrogens with zero attached hydrogens (tertiary/aromatic N) is 3. The summed E-state index contributed by atoms with van der Waals surface area (Å²) < 4.78 is 0. The number of rotatable bonds is 1. The maximum atomic E-state index is 12.2. The number of anilines is 2. The Kier molecular flexibility index (Phi) is 3.41. The highest BCUT2D eigenvalue weighted by Crippen LogP contribution is 2.59. The fraction of sp³-hybridized carbons (Fsp3) is 0.130. The van der Waals surface area contributed by atoms with Gasteiger partial charge in [-0.1, -0.05) is 41.9 Å². The predicted octanol–water partition coefficient (Wildman–Crippen LogP) is 4.24. The molecule has 1 saturated heterocycles. The van der Waals surface area contributed by atoms with E-state index in [-0.39, 0.29) is 5.11 Å². The minimum Gasteiger partial charge on any atom is -0.362 e. The summed E-state index contributed by atoms with van der Waals surface area (Å²) in [6.45, 7) is 1.99. The normalized spacial score (nSPS) is 25.7. The van der Waals surface area contributed by atoms with Crippen LogP contribution in [0.25, 0.3) is 0 Å². The maximum absolute atomic E-state index is 12.2. The van der Waals surface area contributed by atoms with Crippen molar-refractivity contribution in [2.45, 2.75) is 18.4 Å². The number of benzene rings is 3. The number of halogens is 1. The molecule has 2 N–H and O–H groups in total. The molecule has 0 radical (unpaired) electrons. The summed E-state index contributed by atoms with van der Waals surface area (Å²) in [6, 6.07) is 20.2. The molecule has 7 heteroatoms. The minimum absolute atomic E-state index is 0.286. The Morgan fingerprint density at radius 1 is 0.933 bits per heavy atom. The fourth-order valence-electron chi connectivity index (χ4n) is 4.78. The summed E-state index contributed by atoms with van der Waals surface area (Å²) in [5.41, 5.74) is 0.943. The van der Waals surface area contributed by atoms with Crippen LogP contribution in [0.15, 0.2) is 71.7 Å². The van der Waals surface area contributed by atoms with Crippen LogP contribution in [0.4, 0.5) is 17.1 Å². The smallest absolute Gasteiger partial charge is 0.243 e. The first kappa shape index (κ1) is 18.0. The van der Waals surface area contributed by atoms with Crippen LogP contribution in [0, 0.1) is 6.92 Å². The van der Waals surface area contributed by atoms with Gasteiger partial charge in [0.1, 0.15) is 5.71 Å². The molecule has 30 heavy (non-hydrogen) atoms. The molecule has 2 aliphatic heterocycles. The number of fused-ring (bicyclic) bond motifs is 5. The SMILES string of the molecule is Cc1ccc2c(c1)N=C1c3ccccc3[C@]3(O)N(c4ccc(Cl)cc4)C(=S)N2[C@]13O. The van der Waals surface area contributed by atoms with E-state index in [1.807, 2.05) is 43.3 Å². The highest BCUT2D eigenvalue weighted by molar-refractivity contribution is 7.80. The third-order valence-electron chi connectivity index (χ3n) is 6.09. The predicted molar refractivity (Wildman–Crippen MR) is 122 cm³/mol. The molecule has 0 amide bonds. The summed E-state index contributed by atoms with van der Waals surface area (Å²) in [5.74, 6) is 0. The Hall–Kier alpha value is -2.77. The maximum Gasteiger partial charge on any atom is 0.243 e. The van der Waals surface area contributed by atoms with Crippen LogP contribution in [0.3, 0.4) is 0 Å². The number of hydrogen-bond donors (Lipinski definition) is 2. The van der Waals surface area contributed by atoms with E-state index in [0.717, 1.165) is 5.56 Å². The van der Waals surface area contributed by atoms with Crippen molar-refractivity contribution >= 4 is 51.7 Å². The van der Waals surface area contributed by atoms with Crippen molar-refractivity contribution in [3.8, 4) is 0 Å². The summed E-state index contributed by atoms with van der Waals surface area (Å²) in [7, 11) is 0. The van der Waals surface area contributed by atoms with Gasteiger partial charge in [-0.25, -0.2) is 4.99 Å². The van der Waals surface area contributed by atoms with Gasteiger partial charge in [-0.2, -0.15) is 0 Å². The van der Waals surface area contributed by atoms with E-state index in [1.165, 1.54) is 0 Å². The molecular weight excluding hydrogens is 418 g/mol. The van der Waals surface area contributed by atoms with E-state index in [4.69, 9.17) is 28.8 Å². The molecule has 2 heterocycles. The van der Waals surface area contributed by atoms with Gasteiger partial charge in [0.25, 0.3) is 0 Å². The van der Waals surface area contributed by atoms with E-state index < -0.39 is 11.4 Å². The van der Waals surface area contributed by atoms with E-state index in [0.29, 0.717) is 38.9 Å². The first-order chi connectivity index (χ1) is 14.4. The minimum atomic E-state index is -1.87. The number of aliphatic hydroxyl groups is 2. The van der Waals surface area contributed by atoms with Crippen LogP contribution in [-0.4, -0.2) is 26.8 Å². The largest absolute Gasteiger partial charge is 0.362 e. The summed E-state index contributed by atoms with van der Waals surface area (Å²) >= 11 is 11.9. The van der Waals surface area contributed by atoms with E-state index in [2.05, 4.69) is 0 Å². The molecule has 6 rings (SSSR count). The third-order valence-corrected chi connectivity index (χ3v) is 6.71. The summed E-state index contributed by atoms with van der Waals surface area (Å²) in [6.07, 6.45) is 0. The van der Waals surface area contributed by atoms with Gasteiger partial charge >= 0.3 is 0 Å². The molecule has 5 nitrogen and oxygen atoms in total. The van der Waals surface area contributed by atoms with E-state index in [1.54, 1.807) is 40.1 Å². The van der Waals surface area contributed by atoms with Crippen molar-refractivity contribution in [3.63, 3.8) is 0 Å². The molecule has 3 aromatic carbocycles. The van der Waals surface area contributed by atoms with Crippen molar-refractivity contribution < 1.29 is 10.2 Å². The van der Waals surface area contributed by atoms with Crippen LogP contribution in [0.2, 0.25) is 5.02 Å². The van der Waals surface area contributed by atoms with Gasteiger partial charge < -0.3 is 10.2 Å². The zero-order valence-electron chi connectivity index (χ0n) is 15.9. The number of aliphatic imine (C=N–C) groups is 1. The molecule has 0 spiro atoms. The van der Waals surface area contributed by atoms with E-state index in [9.17, 15) is 10.2 Å². The quantitative estimate of drug-likeness (QED) is 0.562. The number of aryl methyl sites for hydroxylation is 1. The Morgan fingerprint density at radius 2 is 1.67 bits per heavy atom. The van der Waals surface area contributed by atoms with Crippen molar-refractivity contribution in [3.05, 3.63) is 88.4 Å². The third kappa shape index (κ3) is 1.90. The standard InChI is InChI=1S/C23H16ClN3O2S/c1-13-6-11-19-18(12-13)25-20-16-4-2-3-5-17(16)22(28)23(20,29)27(19)21(30)26(22)15-9-7-14(24)8-10-15/h2-12,28-29H,1H3/t22-,23+/m1/s1. The van der Waals surface area contributed by atoms with Gasteiger partial charge in [-0.15, -0.1) is 0 Å². The molecule has 1 fully saturated rings. The molecule has 0 saturated carbocycles. The topological polar surface area (TPSA) is 59.3 Å². The van der Waals surface area contributed by atoms with E-state index >= 15 is 0 Å². The van der Waals surface area contributed by atoms with Crippen LogP contribution in [-0.2, 0) is 5.72 Å². The second-order valence-corrected chi connectivity index (χ2v) is 8.57. The lowest BCUT2D eigenvalue weighted by atomic mass is 9.95. The van der Waals surface area contributed by atoms with Crippen LogP contribution < -0.4 is 9.80 Å². The van der Waals surface area contributed by atoms with Crippen molar-refractivity contribution in [2.75, 3.05) is 9.80 Å². The van der Waals surface area contributed by atoms with Gasteiger partial charge in [0.05, 0.1) is 11.4 Å². The number of hydrogen-bond acceptors (Lipinski definition) is 4. The first-order valence-electron chi connectivity index (χ1n) is 9.52. The molecule has 3 aliphatic rings. The Labute approximate surface area is 183 Å². The molecule has 0 aromatic heterocycles. The van der Waals surface area contributed by atoms with Crippen molar-refractivity contribution in [2.24, 2.45) is 4.99 Å². The highest BCUT2D eigenvalue weighted by Gasteiger charge is 2.75. The average Bonchev–Trinajstić information content (AvgIpc) is 3.04. The first-order valence-corrected chi connectivity index (χ1v) is 10.3. The second kappa shape index (κ2) is 5.68. The molecule has 148 valence electrons. The van der Waals surface area contributed by atoms with Crippen LogP contribution in [0.1, 0.15) is 16.7 Å². The Bertz CT molecular complexity index is 1290. The fourth-order valence-corrected chi connectivity index (χ4v) is 5.38. The Balaban J connectivity index is 1.72. The highest BCUT2D eigenvalue weighted by atomic mass is 35.5. The summed E-state index contributed by atoms with van der Waals surface area (Å²) in [4.78, 5) is 8.01. The zero-order valence-corrected chi connectivity index (χ0v) is 17.4. The van der Waals surface area contributed by atoms with Gasteiger partial charge in [-0.3, -0.25) is 9.80 Å². The molecule has 3 aromatic rings. The van der Waals surface area contributed by atoms with Gasteiger partial charge in [0.2, 0.25) is 11.4 Å².